The highest BCUT2D eigenvalue weighted by atomic mass is 16.5. The number of likely N-dealkylation sites (N-methyl/N-ethyl adjacent to an activating group) is 1. The summed E-state index contributed by atoms with van der Waals surface area (Å²) in [5.74, 6) is 0.838. The van der Waals surface area contributed by atoms with Gasteiger partial charge in [0, 0.05) is 31.4 Å². The molecule has 5 nitrogen and oxygen atoms in total. The van der Waals surface area contributed by atoms with Crippen LogP contribution in [0.2, 0.25) is 0 Å². The summed E-state index contributed by atoms with van der Waals surface area (Å²) in [5.41, 5.74) is 2.67. The van der Waals surface area contributed by atoms with E-state index in [2.05, 4.69) is 38.4 Å². The fraction of sp³-hybridized carbons (Fsp3) is 0.519. The summed E-state index contributed by atoms with van der Waals surface area (Å²) in [6, 6.07) is 14.6. The van der Waals surface area contributed by atoms with Crippen molar-refractivity contribution in [2.75, 3.05) is 27.2 Å². The number of nitrogens with zero attached hydrogens (tertiary/aromatic N) is 1. The number of rotatable bonds is 5. The van der Waals surface area contributed by atoms with Gasteiger partial charge in [-0.15, -0.1) is 0 Å². The van der Waals surface area contributed by atoms with Crippen molar-refractivity contribution in [1.29, 1.82) is 0 Å². The topological polar surface area (TPSA) is 55.8 Å². The van der Waals surface area contributed by atoms with E-state index >= 15 is 0 Å². The van der Waals surface area contributed by atoms with E-state index in [-0.39, 0.29) is 17.6 Å². The molecule has 2 fully saturated rings. The molecule has 2 bridgehead atoms. The average molecular weight is 435 g/mol. The maximum absolute atomic E-state index is 13.2. The van der Waals surface area contributed by atoms with Crippen LogP contribution in [0.15, 0.2) is 42.5 Å². The first-order valence-electron chi connectivity index (χ1n) is 11.9. The van der Waals surface area contributed by atoms with Crippen LogP contribution in [0, 0.1) is 0 Å². The van der Waals surface area contributed by atoms with Crippen molar-refractivity contribution in [3.8, 4) is 11.5 Å². The minimum Gasteiger partial charge on any atom is -0.504 e. The summed E-state index contributed by atoms with van der Waals surface area (Å²) in [6.07, 6.45) is 4.32. The molecule has 4 atom stereocenters. The van der Waals surface area contributed by atoms with Gasteiger partial charge in [0.2, 0.25) is 0 Å². The van der Waals surface area contributed by atoms with Gasteiger partial charge in [-0.25, -0.2) is 0 Å². The fourth-order valence-electron chi connectivity index (χ4n) is 7.39. The Morgan fingerprint density at radius 2 is 1.97 bits per heavy atom. The van der Waals surface area contributed by atoms with Crippen LogP contribution in [0.25, 0.3) is 0 Å². The quantitative estimate of drug-likeness (QED) is 0.578. The van der Waals surface area contributed by atoms with Gasteiger partial charge in [-0.1, -0.05) is 36.4 Å². The number of hydrogen-bond donors (Lipinski definition) is 1. The molecular weight excluding hydrogens is 402 g/mol. The lowest BCUT2D eigenvalue weighted by Crippen LogP contribution is -2.80. The van der Waals surface area contributed by atoms with Gasteiger partial charge < -0.3 is 19.1 Å². The van der Waals surface area contributed by atoms with Gasteiger partial charge in [-0.3, -0.25) is 4.79 Å². The number of phenols is 1. The first-order valence-corrected chi connectivity index (χ1v) is 11.9. The summed E-state index contributed by atoms with van der Waals surface area (Å²) in [4.78, 5) is 13.2. The Balaban J connectivity index is 1.42. The third-order valence-electron chi connectivity index (χ3n) is 8.83. The van der Waals surface area contributed by atoms with Crippen LogP contribution in [0.1, 0.15) is 42.4 Å². The molecule has 2 aliphatic carbocycles. The molecule has 4 aliphatic rings. The lowest BCUT2D eigenvalue weighted by Gasteiger charge is -2.65. The molecule has 2 aromatic carbocycles. The molecule has 0 aromatic heterocycles. The Morgan fingerprint density at radius 3 is 2.78 bits per heavy atom. The highest BCUT2D eigenvalue weighted by Gasteiger charge is 2.77. The fourth-order valence-corrected chi connectivity index (χ4v) is 7.39. The molecule has 2 unspecified atom stereocenters. The van der Waals surface area contributed by atoms with Crippen molar-refractivity contribution in [3.63, 3.8) is 0 Å². The zero-order valence-electron chi connectivity index (χ0n) is 19.0. The molecule has 32 heavy (non-hydrogen) atoms. The highest BCUT2D eigenvalue weighted by Crippen LogP contribution is 2.66. The summed E-state index contributed by atoms with van der Waals surface area (Å²) >= 11 is 0. The van der Waals surface area contributed by atoms with E-state index in [1.54, 1.807) is 6.07 Å². The van der Waals surface area contributed by atoms with Crippen LogP contribution < -0.4 is 4.74 Å². The predicted molar refractivity (Wildman–Crippen MR) is 121 cm³/mol. The number of likely N-dealkylation sites (tertiary alicyclic amines) is 1. The Morgan fingerprint density at radius 1 is 1.16 bits per heavy atom. The number of carbonyl (C=O) groups is 1. The summed E-state index contributed by atoms with van der Waals surface area (Å²) in [7, 11) is 4.61. The van der Waals surface area contributed by atoms with Crippen molar-refractivity contribution in [3.05, 3.63) is 59.2 Å². The van der Waals surface area contributed by atoms with E-state index in [1.807, 2.05) is 12.1 Å². The van der Waals surface area contributed by atoms with E-state index < -0.39 is 17.1 Å². The molecule has 0 radical (unpaired) electrons. The Labute approximate surface area is 189 Å². The molecular formula is C27H32NO4+. The number of aryl methyl sites for hydroxylation is 1. The number of carbonyl (C=O) groups excluding carboxylic acids is 1. The van der Waals surface area contributed by atoms with E-state index in [0.717, 1.165) is 48.7 Å². The predicted octanol–water partition coefficient (Wildman–Crippen LogP) is 3.55. The van der Waals surface area contributed by atoms with Crippen molar-refractivity contribution >= 4 is 5.78 Å². The second-order valence-corrected chi connectivity index (χ2v) is 10.7. The number of piperidine rings is 1. The number of aromatic hydroxyl groups is 1. The minimum absolute atomic E-state index is 0.149. The van der Waals surface area contributed by atoms with Crippen molar-refractivity contribution in [1.82, 2.24) is 0 Å². The molecule has 1 saturated carbocycles. The van der Waals surface area contributed by atoms with Crippen molar-refractivity contribution in [2.24, 2.45) is 0 Å². The van der Waals surface area contributed by atoms with Crippen LogP contribution >= 0.6 is 0 Å². The first-order chi connectivity index (χ1) is 15.4. The number of phenolic OH excluding ortho intramolecular Hbond substituents is 1. The largest absolute Gasteiger partial charge is 0.504 e. The second kappa shape index (κ2) is 6.82. The number of quaternary nitrogens is 1. The smallest absolute Gasteiger partial charge is 0.174 e. The number of ether oxygens (including phenoxy) is 2. The van der Waals surface area contributed by atoms with Crippen molar-refractivity contribution < 1.29 is 23.9 Å². The van der Waals surface area contributed by atoms with Crippen LogP contribution in [-0.2, 0) is 27.8 Å². The van der Waals surface area contributed by atoms with Gasteiger partial charge in [-0.2, -0.15) is 0 Å². The summed E-state index contributed by atoms with van der Waals surface area (Å²) in [5, 5.41) is 10.6. The van der Waals surface area contributed by atoms with Crippen molar-refractivity contribution in [2.45, 2.75) is 61.7 Å². The van der Waals surface area contributed by atoms with Gasteiger partial charge in [-0.05, 0) is 36.5 Å². The van der Waals surface area contributed by atoms with E-state index in [1.165, 1.54) is 11.1 Å². The standard InChI is InChI=1S/C27H31NO4/c1-28(2)15-14-26-23-19-10-11-20(29)24(23)32-25(26)21(30)12-13-27(26,22(28)17-19)31-16-6-9-18-7-4-3-5-8-18/h3-5,7-8,10-11,22,25H,6,9,12-17H2,1-2H3/p+1/t22?,25?,26-,27+/m0/s1. The number of ketones is 1. The first kappa shape index (κ1) is 20.3. The molecule has 6 rings (SSSR count). The summed E-state index contributed by atoms with van der Waals surface area (Å²) in [6.45, 7) is 1.64. The van der Waals surface area contributed by atoms with E-state index in [9.17, 15) is 9.90 Å². The van der Waals surface area contributed by atoms with Gasteiger partial charge >= 0.3 is 0 Å². The Hall–Kier alpha value is -2.37. The lowest BCUT2D eigenvalue weighted by atomic mass is 9.48. The van der Waals surface area contributed by atoms with E-state index in [4.69, 9.17) is 9.47 Å². The summed E-state index contributed by atoms with van der Waals surface area (Å²) < 4.78 is 14.2. The second-order valence-electron chi connectivity index (χ2n) is 10.7. The SMILES string of the molecule is C[N+]1(C)CC[C@]23c4c5ccc(O)c4OC2C(=O)CC[C@@]3(OCCCc2ccccc2)C1C5. The lowest BCUT2D eigenvalue weighted by molar-refractivity contribution is -0.931. The van der Waals surface area contributed by atoms with Gasteiger partial charge in [0.25, 0.3) is 0 Å². The third-order valence-corrected chi connectivity index (χ3v) is 8.83. The number of hydrogen-bond acceptors (Lipinski definition) is 4. The molecule has 0 amide bonds. The maximum atomic E-state index is 13.2. The molecule has 2 aromatic rings. The van der Waals surface area contributed by atoms with E-state index in [0.29, 0.717) is 18.8 Å². The molecule has 1 saturated heterocycles. The molecule has 168 valence electrons. The highest BCUT2D eigenvalue weighted by molar-refractivity contribution is 5.90. The van der Waals surface area contributed by atoms with Crippen LogP contribution in [0.4, 0.5) is 0 Å². The monoisotopic (exact) mass is 434 g/mol. The number of benzene rings is 2. The Kier molecular flexibility index (Phi) is 4.31. The van der Waals surface area contributed by atoms with Gasteiger partial charge in [0.05, 0.1) is 26.1 Å². The molecule has 1 spiro atoms. The molecule has 2 heterocycles. The average Bonchev–Trinajstić information content (AvgIpc) is 3.15. The zero-order chi connectivity index (χ0) is 22.1. The molecule has 1 N–H and O–H groups in total. The normalized spacial score (nSPS) is 33.5. The molecule has 2 aliphatic heterocycles. The van der Waals surface area contributed by atoms with Gasteiger partial charge in [0.15, 0.2) is 23.4 Å². The molecule has 5 heteroatoms. The van der Waals surface area contributed by atoms with Gasteiger partial charge in [0.1, 0.15) is 11.6 Å². The van der Waals surface area contributed by atoms with Crippen LogP contribution in [0.5, 0.6) is 11.5 Å². The van der Waals surface area contributed by atoms with Crippen LogP contribution in [0.3, 0.4) is 0 Å². The van der Waals surface area contributed by atoms with Crippen LogP contribution in [-0.4, -0.2) is 60.4 Å². The number of Topliss-reactive ketones (excluding diaryl/α,β-unsaturated/α-hetero) is 1. The maximum Gasteiger partial charge on any atom is 0.174 e. The zero-order valence-corrected chi connectivity index (χ0v) is 19.0. The third kappa shape index (κ3) is 2.49. The Bertz CT molecular complexity index is 1080. The minimum atomic E-state index is -0.546.